The van der Waals surface area contributed by atoms with Gasteiger partial charge >= 0.3 is 6.09 Å². The van der Waals surface area contributed by atoms with Crippen molar-refractivity contribution in [2.24, 2.45) is 17.6 Å². The predicted octanol–water partition coefficient (Wildman–Crippen LogP) is 1.10. The topological polar surface area (TPSA) is 123 Å². The van der Waals surface area contributed by atoms with Crippen LogP contribution in [-0.2, 0) is 16.6 Å². The molecule has 1 atom stereocenters. The third-order valence-corrected chi connectivity index (χ3v) is 3.64. The molecule has 1 aromatic heterocycles. The van der Waals surface area contributed by atoms with Gasteiger partial charge in [0.05, 0.1) is 20.4 Å². The van der Waals surface area contributed by atoms with Gasteiger partial charge in [0, 0.05) is 5.56 Å². The van der Waals surface area contributed by atoms with Gasteiger partial charge in [0.1, 0.15) is 6.04 Å². The number of nitrogens with one attached hydrogen (secondary N) is 2. The lowest BCUT2D eigenvalue weighted by Gasteiger charge is -2.28. The Labute approximate surface area is 157 Å². The van der Waals surface area contributed by atoms with Gasteiger partial charge in [-0.25, -0.2) is 10.2 Å². The monoisotopic (exact) mass is 373 g/mol. The van der Waals surface area contributed by atoms with Crippen molar-refractivity contribution in [2.45, 2.75) is 26.8 Å². The van der Waals surface area contributed by atoms with Crippen molar-refractivity contribution in [2.75, 3.05) is 7.11 Å². The molecule has 1 unspecified atom stereocenters. The summed E-state index contributed by atoms with van der Waals surface area (Å²) in [5.74, 6) is 0.0840. The van der Waals surface area contributed by atoms with Crippen LogP contribution in [-0.4, -0.2) is 51.6 Å². The molecule has 0 bridgehead atoms. The Morgan fingerprint density at radius 2 is 1.93 bits per heavy atom. The fourth-order valence-corrected chi connectivity index (χ4v) is 2.20. The highest BCUT2D eigenvalue weighted by atomic mass is 16.5. The number of carbonyl (C=O) groups is 2. The number of benzene rings is 1. The molecule has 0 aliphatic heterocycles. The Hall–Kier alpha value is -3.30. The second-order valence-electron chi connectivity index (χ2n) is 6.89. The summed E-state index contributed by atoms with van der Waals surface area (Å²) in [5.41, 5.74) is 3.52. The summed E-state index contributed by atoms with van der Waals surface area (Å²) in [6, 6.07) is 6.49. The van der Waals surface area contributed by atoms with Crippen LogP contribution in [0.25, 0.3) is 11.4 Å². The van der Waals surface area contributed by atoms with E-state index in [0.29, 0.717) is 5.82 Å². The number of hydrogen-bond donors (Lipinski definition) is 2. The Morgan fingerprint density at radius 3 is 2.44 bits per heavy atom. The van der Waals surface area contributed by atoms with E-state index in [4.69, 9.17) is 0 Å². The molecule has 2 N–H and O–H groups in total. The molecule has 0 aliphatic rings. The zero-order valence-corrected chi connectivity index (χ0v) is 15.9. The molecular weight excluding hydrogens is 350 g/mol. The average molecular weight is 373 g/mol. The summed E-state index contributed by atoms with van der Waals surface area (Å²) in [4.78, 5) is 25.2. The summed E-state index contributed by atoms with van der Waals surface area (Å²) in [5, 5.41) is 18.3. The maximum absolute atomic E-state index is 12.4. The molecule has 144 valence electrons. The molecule has 2 aromatic rings. The first-order valence-electron chi connectivity index (χ1n) is 8.22. The minimum absolute atomic E-state index is 0.440. The van der Waals surface area contributed by atoms with E-state index >= 15 is 0 Å². The predicted molar refractivity (Wildman–Crippen MR) is 98.8 cm³/mol. The van der Waals surface area contributed by atoms with E-state index in [2.05, 4.69) is 36.0 Å². The molecule has 10 nitrogen and oxygen atoms in total. The molecule has 10 heteroatoms. The van der Waals surface area contributed by atoms with Crippen LogP contribution in [0.2, 0.25) is 0 Å². The van der Waals surface area contributed by atoms with E-state index in [0.717, 1.165) is 11.1 Å². The van der Waals surface area contributed by atoms with Gasteiger partial charge in [0.25, 0.3) is 5.91 Å². The summed E-state index contributed by atoms with van der Waals surface area (Å²) in [6.07, 6.45) is 0.825. The number of carbonyl (C=O) groups excluding carboxylic acids is 2. The van der Waals surface area contributed by atoms with E-state index in [1.807, 2.05) is 45.0 Å². The molecule has 0 saturated carbocycles. The molecule has 1 aromatic carbocycles. The first-order chi connectivity index (χ1) is 12.7. The molecule has 1 heterocycles. The van der Waals surface area contributed by atoms with Crippen molar-refractivity contribution in [3.05, 3.63) is 29.8 Å². The van der Waals surface area contributed by atoms with E-state index in [-0.39, 0.29) is 0 Å². The van der Waals surface area contributed by atoms with E-state index < -0.39 is 23.5 Å². The zero-order chi connectivity index (χ0) is 20.0. The Kier molecular flexibility index (Phi) is 6.22. The number of aryl methyl sites for hydroxylation is 1. The van der Waals surface area contributed by atoms with Crippen LogP contribution >= 0.6 is 0 Å². The Balaban J connectivity index is 2.00. The quantitative estimate of drug-likeness (QED) is 0.597. The number of methoxy groups -OCH3 is 1. The number of hydrogen-bond acceptors (Lipinski definition) is 7. The van der Waals surface area contributed by atoms with Gasteiger partial charge in [0.2, 0.25) is 5.82 Å². The Bertz CT molecular complexity index is 822. The van der Waals surface area contributed by atoms with Gasteiger partial charge in [0.15, 0.2) is 0 Å². The molecular formula is C17H23N7O3. The number of alkyl carbamates (subject to hydrolysis) is 1. The van der Waals surface area contributed by atoms with Crippen LogP contribution in [0.1, 0.15) is 26.3 Å². The average Bonchev–Trinajstić information content (AvgIpc) is 3.05. The summed E-state index contributed by atoms with van der Waals surface area (Å²) >= 11 is 0. The van der Waals surface area contributed by atoms with Crippen LogP contribution in [0.4, 0.5) is 4.79 Å². The van der Waals surface area contributed by atoms with Gasteiger partial charge in [-0.15, -0.1) is 10.2 Å². The molecule has 2 amide bonds. The third-order valence-electron chi connectivity index (χ3n) is 3.64. The normalized spacial score (nSPS) is 12.6. The molecule has 0 spiro atoms. The van der Waals surface area contributed by atoms with Crippen molar-refractivity contribution in [1.29, 1.82) is 0 Å². The largest absolute Gasteiger partial charge is 0.453 e. The molecule has 0 radical (unpaired) electrons. The van der Waals surface area contributed by atoms with Crippen molar-refractivity contribution in [3.8, 4) is 11.4 Å². The highest BCUT2D eigenvalue weighted by molar-refractivity contribution is 5.88. The van der Waals surface area contributed by atoms with Crippen LogP contribution in [0.5, 0.6) is 0 Å². The molecule has 0 fully saturated rings. The van der Waals surface area contributed by atoms with Crippen molar-refractivity contribution in [3.63, 3.8) is 0 Å². The number of nitrogens with zero attached hydrogens (tertiary/aromatic N) is 5. The maximum atomic E-state index is 12.4. The van der Waals surface area contributed by atoms with E-state index in [1.54, 1.807) is 7.05 Å². The van der Waals surface area contributed by atoms with E-state index in [9.17, 15) is 9.59 Å². The lowest BCUT2D eigenvalue weighted by molar-refractivity contribution is -0.125. The summed E-state index contributed by atoms with van der Waals surface area (Å²) < 4.78 is 4.56. The van der Waals surface area contributed by atoms with Crippen LogP contribution in [0.3, 0.4) is 0 Å². The van der Waals surface area contributed by atoms with Crippen molar-refractivity contribution in [1.82, 2.24) is 30.9 Å². The summed E-state index contributed by atoms with van der Waals surface area (Å²) in [6.45, 7) is 5.49. The van der Waals surface area contributed by atoms with Gasteiger partial charge in [-0.3, -0.25) is 4.79 Å². The molecule has 0 aliphatic carbocycles. The van der Waals surface area contributed by atoms with Gasteiger partial charge in [-0.05, 0) is 16.2 Å². The minimum Gasteiger partial charge on any atom is -0.453 e. The number of amides is 2. The zero-order valence-electron chi connectivity index (χ0n) is 15.9. The number of hydrazone groups is 1. The molecule has 0 saturated heterocycles. The van der Waals surface area contributed by atoms with Crippen molar-refractivity contribution >= 4 is 18.2 Å². The lowest BCUT2D eigenvalue weighted by Crippen LogP contribution is -2.52. The molecule has 2 rings (SSSR count). The van der Waals surface area contributed by atoms with Gasteiger partial charge in [-0.2, -0.15) is 9.90 Å². The fourth-order valence-electron chi connectivity index (χ4n) is 2.20. The summed E-state index contributed by atoms with van der Waals surface area (Å²) in [7, 11) is 2.94. The van der Waals surface area contributed by atoms with Crippen LogP contribution < -0.4 is 10.7 Å². The number of ether oxygens (including phenoxy) is 1. The smallest absolute Gasteiger partial charge is 0.407 e. The number of rotatable bonds is 5. The van der Waals surface area contributed by atoms with E-state index in [1.165, 1.54) is 18.1 Å². The minimum atomic E-state index is -0.799. The van der Waals surface area contributed by atoms with Crippen LogP contribution in [0.15, 0.2) is 29.4 Å². The standard InChI is InChI=1S/C17H23N7O3/c1-17(2,3)13(19-16(26)27-5)15(25)21-18-10-11-6-8-12(9-7-11)14-20-23-24(4)22-14/h6-10,13H,1-5H3,(H,19,26)(H,21,25)/b18-10-. The van der Waals surface area contributed by atoms with Gasteiger partial charge < -0.3 is 10.1 Å². The second kappa shape index (κ2) is 8.39. The maximum Gasteiger partial charge on any atom is 0.407 e. The fraction of sp³-hybridized carbons (Fsp3) is 0.412. The number of aromatic nitrogens is 4. The lowest BCUT2D eigenvalue weighted by atomic mass is 9.86. The highest BCUT2D eigenvalue weighted by Gasteiger charge is 2.33. The third kappa shape index (κ3) is 5.59. The highest BCUT2D eigenvalue weighted by Crippen LogP contribution is 2.19. The first kappa shape index (κ1) is 20.0. The SMILES string of the molecule is COC(=O)NC(C(=O)N/N=C\c1ccc(-c2nnn(C)n2)cc1)C(C)(C)C. The Morgan fingerprint density at radius 1 is 1.26 bits per heavy atom. The van der Waals surface area contributed by atoms with Crippen molar-refractivity contribution < 1.29 is 14.3 Å². The van der Waals surface area contributed by atoms with Gasteiger partial charge in [-0.1, -0.05) is 45.0 Å². The number of tetrazole rings is 1. The van der Waals surface area contributed by atoms with Crippen LogP contribution in [0, 0.1) is 5.41 Å². The molecule has 27 heavy (non-hydrogen) atoms. The second-order valence-corrected chi connectivity index (χ2v) is 6.89. The first-order valence-corrected chi connectivity index (χ1v) is 8.22.